The zero-order valence-corrected chi connectivity index (χ0v) is 14.3. The summed E-state index contributed by atoms with van der Waals surface area (Å²) < 4.78 is 25.7. The molecular weight excluding hydrogens is 311 g/mol. The molecule has 2 saturated heterocycles. The smallest absolute Gasteiger partial charge is 0.254 e. The van der Waals surface area contributed by atoms with Crippen LogP contribution in [0.25, 0.3) is 0 Å². The van der Waals surface area contributed by atoms with Crippen LogP contribution in [0.1, 0.15) is 49.9 Å². The summed E-state index contributed by atoms with van der Waals surface area (Å²) in [6, 6.07) is 4.22. The molecule has 1 unspecified atom stereocenters. The van der Waals surface area contributed by atoms with Gasteiger partial charge in [-0.3, -0.25) is 4.79 Å². The van der Waals surface area contributed by atoms with Gasteiger partial charge in [0.2, 0.25) is 11.5 Å². The molecule has 3 atom stereocenters. The van der Waals surface area contributed by atoms with Gasteiger partial charge in [0.25, 0.3) is 5.91 Å². The number of hydrogen-bond donors (Lipinski definition) is 1. The summed E-state index contributed by atoms with van der Waals surface area (Å²) in [5.74, 6) is -1.57. The van der Waals surface area contributed by atoms with Gasteiger partial charge in [-0.15, -0.1) is 0 Å². The van der Waals surface area contributed by atoms with Gasteiger partial charge in [0, 0.05) is 32.0 Å². The normalized spacial score (nSPS) is 30.4. The van der Waals surface area contributed by atoms with E-state index in [0.717, 1.165) is 12.8 Å². The summed E-state index contributed by atoms with van der Waals surface area (Å²) >= 11 is 0. The van der Waals surface area contributed by atoms with Crippen molar-refractivity contribution in [3.63, 3.8) is 0 Å². The lowest BCUT2D eigenvalue weighted by Crippen LogP contribution is -2.48. The zero-order valence-electron chi connectivity index (χ0n) is 14.3. The Kier molecular flexibility index (Phi) is 3.49. The highest BCUT2D eigenvalue weighted by Crippen LogP contribution is 2.42. The number of nitrogens with zero attached hydrogens (tertiary/aromatic N) is 1. The lowest BCUT2D eigenvalue weighted by Gasteiger charge is -2.36. The first-order valence-electron chi connectivity index (χ1n) is 8.57. The van der Waals surface area contributed by atoms with Gasteiger partial charge in [0.15, 0.2) is 11.6 Å². The predicted molar refractivity (Wildman–Crippen MR) is 86.8 cm³/mol. The third-order valence-electron chi connectivity index (χ3n) is 5.44. The summed E-state index contributed by atoms with van der Waals surface area (Å²) in [4.78, 5) is 15.0. The van der Waals surface area contributed by atoms with Crippen molar-refractivity contribution in [3.05, 3.63) is 23.5 Å². The summed E-state index contributed by atoms with van der Waals surface area (Å²) in [7, 11) is 2.15. The minimum atomic E-state index is -0.911. The molecule has 130 valence electrons. The number of rotatable bonds is 2. The second-order valence-corrected chi connectivity index (χ2v) is 7.55. The molecule has 2 fully saturated rings. The number of hydrogen-bond acceptors (Lipinski definition) is 4. The van der Waals surface area contributed by atoms with Crippen LogP contribution in [0.15, 0.2) is 12.1 Å². The van der Waals surface area contributed by atoms with Crippen LogP contribution < -0.4 is 14.8 Å². The van der Waals surface area contributed by atoms with Crippen molar-refractivity contribution in [1.82, 2.24) is 10.2 Å². The number of carbonyl (C=O) groups excluding carboxylic acids is 1. The summed E-state index contributed by atoms with van der Waals surface area (Å²) in [5, 5.41) is 3.01. The number of nitrogens with one attached hydrogen (secondary N) is 1. The van der Waals surface area contributed by atoms with E-state index in [1.165, 1.54) is 18.9 Å². The number of halogens is 1. The minimum Gasteiger partial charge on any atom is -0.449 e. The lowest BCUT2D eigenvalue weighted by molar-refractivity contribution is -0.0445. The van der Waals surface area contributed by atoms with E-state index in [1.807, 2.05) is 0 Å². The largest absolute Gasteiger partial charge is 0.449 e. The van der Waals surface area contributed by atoms with E-state index in [9.17, 15) is 9.18 Å². The molecule has 1 aromatic rings. The van der Waals surface area contributed by atoms with Crippen molar-refractivity contribution in [1.29, 1.82) is 0 Å². The molecule has 3 aliphatic heterocycles. The van der Waals surface area contributed by atoms with E-state index in [0.29, 0.717) is 17.8 Å². The Morgan fingerprint density at radius 2 is 1.92 bits per heavy atom. The maximum Gasteiger partial charge on any atom is 0.254 e. The Labute approximate surface area is 141 Å². The third-order valence-corrected chi connectivity index (χ3v) is 5.44. The van der Waals surface area contributed by atoms with Crippen LogP contribution in [-0.4, -0.2) is 41.8 Å². The maximum absolute atomic E-state index is 14.7. The highest BCUT2D eigenvalue weighted by Gasteiger charge is 2.40. The van der Waals surface area contributed by atoms with E-state index >= 15 is 0 Å². The second-order valence-electron chi connectivity index (χ2n) is 7.55. The molecule has 2 bridgehead atoms. The molecule has 0 aromatic heterocycles. The highest BCUT2D eigenvalue weighted by atomic mass is 19.1. The van der Waals surface area contributed by atoms with Crippen molar-refractivity contribution in [2.24, 2.45) is 0 Å². The predicted octanol–water partition coefficient (Wildman–Crippen LogP) is 2.69. The summed E-state index contributed by atoms with van der Waals surface area (Å²) in [5.41, 5.74) is 0.0151. The van der Waals surface area contributed by atoms with Crippen LogP contribution in [0.4, 0.5) is 4.39 Å². The van der Waals surface area contributed by atoms with E-state index in [-0.39, 0.29) is 23.3 Å². The van der Waals surface area contributed by atoms with E-state index in [1.54, 1.807) is 19.9 Å². The monoisotopic (exact) mass is 334 g/mol. The zero-order chi connectivity index (χ0) is 17.1. The molecule has 0 spiro atoms. The number of piperidine rings is 1. The van der Waals surface area contributed by atoms with Crippen LogP contribution in [0, 0.1) is 5.82 Å². The fourth-order valence-corrected chi connectivity index (χ4v) is 4.21. The molecule has 6 heteroatoms. The lowest BCUT2D eigenvalue weighted by atomic mass is 9.97. The highest BCUT2D eigenvalue weighted by molar-refractivity contribution is 5.95. The molecule has 4 rings (SSSR count). The molecule has 5 nitrogen and oxygen atoms in total. The van der Waals surface area contributed by atoms with Crippen LogP contribution in [0.5, 0.6) is 11.5 Å². The van der Waals surface area contributed by atoms with Gasteiger partial charge in [-0.05, 0) is 44.9 Å². The molecule has 3 heterocycles. The van der Waals surface area contributed by atoms with Crippen molar-refractivity contribution in [2.45, 2.75) is 63.4 Å². The summed E-state index contributed by atoms with van der Waals surface area (Å²) in [6.07, 6.45) is 4.22. The Bertz CT molecular complexity index is 677. The Balaban J connectivity index is 1.50. The molecule has 0 aliphatic carbocycles. The molecular formula is C18H23FN2O3. The molecule has 1 aromatic carbocycles. The molecule has 24 heavy (non-hydrogen) atoms. The topological polar surface area (TPSA) is 50.8 Å². The number of benzene rings is 1. The van der Waals surface area contributed by atoms with Crippen LogP contribution >= 0.6 is 0 Å². The summed E-state index contributed by atoms with van der Waals surface area (Å²) in [6.45, 7) is 3.42. The van der Waals surface area contributed by atoms with E-state index in [2.05, 4.69) is 17.3 Å². The minimum absolute atomic E-state index is 0.0151. The van der Waals surface area contributed by atoms with E-state index in [4.69, 9.17) is 9.47 Å². The Morgan fingerprint density at radius 1 is 1.25 bits per heavy atom. The maximum atomic E-state index is 14.7. The van der Waals surface area contributed by atoms with Crippen molar-refractivity contribution >= 4 is 5.91 Å². The molecule has 0 saturated carbocycles. The number of ether oxygens (including phenoxy) is 2. The SMILES string of the molecule is CN1[C@@H]2CC[C@H]1CC(NC(=O)c1ccc3c(c1F)OC(C)(C)O3)C2. The first-order valence-corrected chi connectivity index (χ1v) is 8.57. The van der Waals surface area contributed by atoms with Crippen LogP contribution in [0.3, 0.4) is 0 Å². The standard InChI is InChI=1S/C18H23FN2O3/c1-18(2)23-14-7-6-13(15(19)16(14)24-18)17(22)20-10-8-11-4-5-12(9-10)21(11)3/h6-7,10-12H,4-5,8-9H2,1-3H3,(H,20,22)/t10?,11-,12+. The molecule has 1 amide bonds. The number of fused-ring (bicyclic) bond motifs is 3. The van der Waals surface area contributed by atoms with E-state index < -0.39 is 11.6 Å². The van der Waals surface area contributed by atoms with Gasteiger partial charge in [0.1, 0.15) is 0 Å². The van der Waals surface area contributed by atoms with Gasteiger partial charge in [0.05, 0.1) is 5.56 Å². The Hall–Kier alpha value is -1.82. The fraction of sp³-hybridized carbons (Fsp3) is 0.611. The first kappa shape index (κ1) is 15.7. The molecule has 3 aliphatic rings. The Morgan fingerprint density at radius 3 is 2.58 bits per heavy atom. The number of carbonyl (C=O) groups is 1. The van der Waals surface area contributed by atoms with Gasteiger partial charge >= 0.3 is 0 Å². The van der Waals surface area contributed by atoms with Gasteiger partial charge < -0.3 is 19.7 Å². The van der Waals surface area contributed by atoms with Crippen LogP contribution in [-0.2, 0) is 0 Å². The average Bonchev–Trinajstić information content (AvgIpc) is 2.91. The van der Waals surface area contributed by atoms with Gasteiger partial charge in [-0.1, -0.05) is 0 Å². The van der Waals surface area contributed by atoms with Crippen molar-refractivity contribution in [3.8, 4) is 11.5 Å². The van der Waals surface area contributed by atoms with Gasteiger partial charge in [-0.2, -0.15) is 0 Å². The third kappa shape index (κ3) is 2.53. The molecule has 1 N–H and O–H groups in total. The number of amides is 1. The quantitative estimate of drug-likeness (QED) is 0.903. The van der Waals surface area contributed by atoms with Crippen molar-refractivity contribution < 1.29 is 18.7 Å². The average molecular weight is 334 g/mol. The molecule has 0 radical (unpaired) electrons. The van der Waals surface area contributed by atoms with Crippen LogP contribution in [0.2, 0.25) is 0 Å². The second kappa shape index (κ2) is 5.34. The van der Waals surface area contributed by atoms with Crippen molar-refractivity contribution in [2.75, 3.05) is 7.05 Å². The fourth-order valence-electron chi connectivity index (χ4n) is 4.21. The first-order chi connectivity index (χ1) is 11.3. The van der Waals surface area contributed by atoms with Gasteiger partial charge in [-0.25, -0.2) is 4.39 Å².